The van der Waals surface area contributed by atoms with Gasteiger partial charge in [0.05, 0.1) is 11.6 Å². The second-order valence-electron chi connectivity index (χ2n) is 7.26. The zero-order valence-corrected chi connectivity index (χ0v) is 15.5. The molecule has 152 valence electrons. The minimum Gasteiger partial charge on any atom is -0.503 e. The van der Waals surface area contributed by atoms with Crippen molar-refractivity contribution in [2.45, 2.75) is 63.7 Å². The standard InChI is InChI=1S/C21H22F5NO/c1-2-3-4-5-6-12-7-10-17(27-20(12)24)14-9-8-13-15(21(14,25)26)11-16(22)19(28)18(13)23/h7,10-11,14,28H,2-6,8-9H2,1H3. The van der Waals surface area contributed by atoms with Gasteiger partial charge >= 0.3 is 0 Å². The number of phenolic OH excluding ortho intramolecular Hbond substituents is 1. The van der Waals surface area contributed by atoms with Gasteiger partial charge in [-0.15, -0.1) is 0 Å². The van der Waals surface area contributed by atoms with E-state index in [9.17, 15) is 27.1 Å². The molecule has 28 heavy (non-hydrogen) atoms. The zero-order chi connectivity index (χ0) is 20.5. The topological polar surface area (TPSA) is 33.1 Å². The number of aromatic nitrogens is 1. The van der Waals surface area contributed by atoms with Gasteiger partial charge in [0, 0.05) is 16.7 Å². The Hall–Kier alpha value is -2.18. The average molecular weight is 399 g/mol. The molecule has 0 fully saturated rings. The molecule has 2 aromatic rings. The zero-order valence-electron chi connectivity index (χ0n) is 15.5. The fourth-order valence-electron chi connectivity index (χ4n) is 3.78. The number of unbranched alkanes of at least 4 members (excludes halogenated alkanes) is 3. The second kappa shape index (κ2) is 8.05. The van der Waals surface area contributed by atoms with Crippen molar-refractivity contribution in [3.8, 4) is 5.75 Å². The number of rotatable bonds is 6. The van der Waals surface area contributed by atoms with Crippen LogP contribution in [0.1, 0.15) is 67.3 Å². The molecule has 1 unspecified atom stereocenters. The Labute approximate surface area is 160 Å². The number of pyridine rings is 1. The molecule has 7 heteroatoms. The molecule has 1 N–H and O–H groups in total. The first-order valence-electron chi connectivity index (χ1n) is 9.50. The molecule has 3 rings (SSSR count). The van der Waals surface area contributed by atoms with E-state index < -0.39 is 46.3 Å². The maximum atomic E-state index is 15.0. The molecule has 0 bridgehead atoms. The van der Waals surface area contributed by atoms with Gasteiger partial charge in [0.1, 0.15) is 0 Å². The lowest BCUT2D eigenvalue weighted by Gasteiger charge is -2.33. The van der Waals surface area contributed by atoms with Crippen LogP contribution >= 0.6 is 0 Å². The summed E-state index contributed by atoms with van der Waals surface area (Å²) in [5.74, 6) is -9.98. The third-order valence-electron chi connectivity index (χ3n) is 5.38. The van der Waals surface area contributed by atoms with Crippen molar-refractivity contribution < 1.29 is 27.1 Å². The maximum absolute atomic E-state index is 15.0. The van der Waals surface area contributed by atoms with Crippen LogP contribution in [0, 0.1) is 17.6 Å². The van der Waals surface area contributed by atoms with E-state index >= 15 is 0 Å². The molecule has 0 spiro atoms. The fourth-order valence-corrected chi connectivity index (χ4v) is 3.78. The highest BCUT2D eigenvalue weighted by Crippen LogP contribution is 2.50. The lowest BCUT2D eigenvalue weighted by molar-refractivity contribution is -0.0459. The van der Waals surface area contributed by atoms with Crippen LogP contribution in [0.2, 0.25) is 0 Å². The molecule has 1 aromatic heterocycles. The minimum absolute atomic E-state index is 0.128. The molecular weight excluding hydrogens is 377 g/mol. The lowest BCUT2D eigenvalue weighted by atomic mass is 9.78. The van der Waals surface area contributed by atoms with E-state index in [1.54, 1.807) is 0 Å². The van der Waals surface area contributed by atoms with Crippen molar-refractivity contribution in [3.63, 3.8) is 0 Å². The highest BCUT2D eigenvalue weighted by molar-refractivity contribution is 5.44. The normalized spacial score (nSPS) is 18.1. The Bertz CT molecular complexity index is 868. The first kappa shape index (κ1) is 20.6. The molecular formula is C21H22F5NO. The smallest absolute Gasteiger partial charge is 0.281 e. The number of hydrogen-bond acceptors (Lipinski definition) is 2. The first-order valence-corrected chi connectivity index (χ1v) is 9.50. The van der Waals surface area contributed by atoms with E-state index in [4.69, 9.17) is 0 Å². The van der Waals surface area contributed by atoms with Gasteiger partial charge in [-0.3, -0.25) is 0 Å². The van der Waals surface area contributed by atoms with Crippen molar-refractivity contribution in [3.05, 3.63) is 58.2 Å². The molecule has 0 radical (unpaired) electrons. The number of aromatic hydroxyl groups is 1. The van der Waals surface area contributed by atoms with Crippen molar-refractivity contribution in [1.29, 1.82) is 0 Å². The van der Waals surface area contributed by atoms with Gasteiger partial charge in [0.2, 0.25) is 5.95 Å². The van der Waals surface area contributed by atoms with Crippen LogP contribution in [0.5, 0.6) is 5.75 Å². The third-order valence-corrected chi connectivity index (χ3v) is 5.38. The Morgan fingerprint density at radius 3 is 2.57 bits per heavy atom. The summed E-state index contributed by atoms with van der Waals surface area (Å²) in [4.78, 5) is 3.74. The van der Waals surface area contributed by atoms with E-state index in [-0.39, 0.29) is 18.5 Å². The molecule has 1 atom stereocenters. The summed E-state index contributed by atoms with van der Waals surface area (Å²) in [6.45, 7) is 2.07. The van der Waals surface area contributed by atoms with E-state index in [1.807, 2.05) is 0 Å². The Morgan fingerprint density at radius 1 is 1.14 bits per heavy atom. The minimum atomic E-state index is -3.63. The summed E-state index contributed by atoms with van der Waals surface area (Å²) in [7, 11) is 0. The number of nitrogens with zero attached hydrogens (tertiary/aromatic N) is 1. The molecule has 0 saturated carbocycles. The van der Waals surface area contributed by atoms with Gasteiger partial charge in [0.15, 0.2) is 17.4 Å². The number of alkyl halides is 2. The number of phenols is 1. The summed E-state index contributed by atoms with van der Waals surface area (Å²) in [5, 5.41) is 9.33. The highest BCUT2D eigenvalue weighted by atomic mass is 19.3. The third kappa shape index (κ3) is 3.71. The van der Waals surface area contributed by atoms with Crippen LogP contribution in [0.4, 0.5) is 22.0 Å². The number of aryl methyl sites for hydroxylation is 1. The SMILES string of the molecule is CCCCCCc1ccc(C2CCc3c(cc(F)c(O)c3F)C2(F)F)nc1F. The summed E-state index contributed by atoms with van der Waals surface area (Å²) in [6.07, 6.45) is 4.01. The van der Waals surface area contributed by atoms with E-state index in [0.717, 1.165) is 25.7 Å². The molecule has 0 saturated heterocycles. The molecule has 1 aromatic carbocycles. The predicted molar refractivity (Wildman–Crippen MR) is 95.0 cm³/mol. The van der Waals surface area contributed by atoms with Crippen LogP contribution in [0.3, 0.4) is 0 Å². The average Bonchev–Trinajstić information content (AvgIpc) is 2.65. The Balaban J connectivity index is 1.88. The summed E-state index contributed by atoms with van der Waals surface area (Å²) >= 11 is 0. The number of halogens is 5. The number of fused-ring (bicyclic) bond motifs is 1. The molecule has 1 heterocycles. The predicted octanol–water partition coefficient (Wildman–Crippen LogP) is 6.15. The van der Waals surface area contributed by atoms with Gasteiger partial charge < -0.3 is 5.11 Å². The maximum Gasteiger partial charge on any atom is 0.281 e. The largest absolute Gasteiger partial charge is 0.503 e. The highest BCUT2D eigenvalue weighted by Gasteiger charge is 2.49. The van der Waals surface area contributed by atoms with Crippen LogP contribution in [0.25, 0.3) is 0 Å². The molecule has 1 aliphatic rings. The van der Waals surface area contributed by atoms with Crippen LogP contribution in [0.15, 0.2) is 18.2 Å². The molecule has 1 aliphatic carbocycles. The van der Waals surface area contributed by atoms with Gasteiger partial charge in [-0.05, 0) is 37.8 Å². The van der Waals surface area contributed by atoms with Crippen molar-refractivity contribution in [2.24, 2.45) is 0 Å². The van der Waals surface area contributed by atoms with Gasteiger partial charge in [-0.25, -0.2) is 22.5 Å². The van der Waals surface area contributed by atoms with Crippen LogP contribution in [-0.4, -0.2) is 10.1 Å². The monoisotopic (exact) mass is 399 g/mol. The van der Waals surface area contributed by atoms with Crippen LogP contribution < -0.4 is 0 Å². The lowest BCUT2D eigenvalue weighted by Crippen LogP contribution is -2.31. The number of benzene rings is 1. The quantitative estimate of drug-likeness (QED) is 0.359. The number of hydrogen-bond donors (Lipinski definition) is 1. The molecule has 0 amide bonds. The summed E-state index contributed by atoms with van der Waals surface area (Å²) in [5.41, 5.74) is -0.990. The Morgan fingerprint density at radius 2 is 1.89 bits per heavy atom. The van der Waals surface area contributed by atoms with E-state index in [2.05, 4.69) is 11.9 Å². The van der Waals surface area contributed by atoms with Gasteiger partial charge in [-0.1, -0.05) is 32.3 Å². The Kier molecular flexibility index (Phi) is 5.91. The second-order valence-corrected chi connectivity index (χ2v) is 7.26. The van der Waals surface area contributed by atoms with E-state index in [0.29, 0.717) is 18.1 Å². The van der Waals surface area contributed by atoms with Crippen molar-refractivity contribution in [1.82, 2.24) is 4.98 Å². The summed E-state index contributed by atoms with van der Waals surface area (Å²) < 4.78 is 71.9. The van der Waals surface area contributed by atoms with Gasteiger partial charge in [0.25, 0.3) is 5.92 Å². The van der Waals surface area contributed by atoms with Crippen LogP contribution in [-0.2, 0) is 18.8 Å². The van der Waals surface area contributed by atoms with Gasteiger partial charge in [-0.2, -0.15) is 4.39 Å². The van der Waals surface area contributed by atoms with Crippen molar-refractivity contribution in [2.75, 3.05) is 0 Å². The molecule has 2 nitrogen and oxygen atoms in total. The molecule has 0 aliphatic heterocycles. The summed E-state index contributed by atoms with van der Waals surface area (Å²) in [6, 6.07) is 3.29. The van der Waals surface area contributed by atoms with Crippen molar-refractivity contribution >= 4 is 0 Å². The fraction of sp³-hybridized carbons (Fsp3) is 0.476. The first-order chi connectivity index (χ1) is 13.3. The van der Waals surface area contributed by atoms with E-state index in [1.165, 1.54) is 12.1 Å².